The number of imidazole rings is 1. The molecule has 0 aliphatic heterocycles. The van der Waals surface area contributed by atoms with Crippen LogP contribution in [0.1, 0.15) is 38.1 Å². The number of benzene rings is 1. The number of fused-ring (bicyclic) bond motifs is 1. The van der Waals surface area contributed by atoms with E-state index in [-0.39, 0.29) is 0 Å². The molecule has 3 aromatic heterocycles. The minimum absolute atomic E-state index is 0.416. The van der Waals surface area contributed by atoms with Crippen molar-refractivity contribution in [1.29, 1.82) is 0 Å². The van der Waals surface area contributed by atoms with E-state index in [0.29, 0.717) is 46.0 Å². The zero-order chi connectivity index (χ0) is 22.8. The highest BCUT2D eigenvalue weighted by atomic mass is 35.5. The van der Waals surface area contributed by atoms with Gasteiger partial charge in [0, 0.05) is 18.1 Å². The van der Waals surface area contributed by atoms with E-state index in [2.05, 4.69) is 22.1 Å². The van der Waals surface area contributed by atoms with Crippen molar-refractivity contribution in [3.05, 3.63) is 61.8 Å². The van der Waals surface area contributed by atoms with Crippen LogP contribution >= 0.6 is 23.4 Å². The molecule has 168 valence electrons. The van der Waals surface area contributed by atoms with Crippen LogP contribution in [0.3, 0.4) is 0 Å². The fourth-order valence-electron chi connectivity index (χ4n) is 3.55. The summed E-state index contributed by atoms with van der Waals surface area (Å²) in [6.45, 7) is 7.02. The maximum Gasteiger partial charge on any atom is 0.330 e. The summed E-state index contributed by atoms with van der Waals surface area (Å²) in [6, 6.07) is 5.78. The molecule has 0 unspecified atom stereocenters. The maximum atomic E-state index is 12.6. The molecule has 11 heteroatoms. The molecule has 0 aliphatic rings. The number of hydrogen-bond donors (Lipinski definition) is 1. The lowest BCUT2D eigenvalue weighted by Crippen LogP contribution is -2.31. The van der Waals surface area contributed by atoms with Crippen LogP contribution in [0.25, 0.3) is 16.9 Å². The molecule has 9 nitrogen and oxygen atoms in total. The number of nitrogens with zero attached hydrogens (tertiary/aromatic N) is 6. The second-order valence-electron chi connectivity index (χ2n) is 7.41. The lowest BCUT2D eigenvalue weighted by Gasteiger charge is -2.08. The van der Waals surface area contributed by atoms with Crippen molar-refractivity contribution < 1.29 is 0 Å². The number of aromatic nitrogens is 7. The molecule has 4 aromatic rings. The average molecular weight is 474 g/mol. The van der Waals surface area contributed by atoms with E-state index in [1.165, 1.54) is 11.8 Å². The van der Waals surface area contributed by atoms with Crippen LogP contribution in [0, 0.1) is 6.92 Å². The molecule has 4 rings (SSSR count). The Kier molecular flexibility index (Phi) is 6.52. The molecule has 0 saturated carbocycles. The monoisotopic (exact) mass is 473 g/mol. The third-order valence-electron chi connectivity index (χ3n) is 5.30. The number of thioether (sulfide) groups is 1. The number of rotatable bonds is 8. The van der Waals surface area contributed by atoms with Gasteiger partial charge < -0.3 is 4.57 Å². The van der Waals surface area contributed by atoms with Gasteiger partial charge >= 0.3 is 5.69 Å². The van der Waals surface area contributed by atoms with Crippen LogP contribution in [-0.4, -0.2) is 33.9 Å². The minimum atomic E-state index is -0.424. The Morgan fingerprint density at radius 2 is 2.00 bits per heavy atom. The molecule has 0 amide bonds. The van der Waals surface area contributed by atoms with Crippen molar-refractivity contribution in [3.8, 4) is 5.69 Å². The van der Waals surface area contributed by atoms with Gasteiger partial charge in [0.15, 0.2) is 16.3 Å². The summed E-state index contributed by atoms with van der Waals surface area (Å²) >= 11 is 7.74. The number of halogens is 1. The normalized spacial score (nSPS) is 11.5. The number of hydrogen-bond acceptors (Lipinski definition) is 6. The lowest BCUT2D eigenvalue weighted by molar-refractivity contribution is 0.613. The molecule has 3 heterocycles. The summed E-state index contributed by atoms with van der Waals surface area (Å²) in [5.41, 5.74) is 1.87. The molecule has 0 fully saturated rings. The van der Waals surface area contributed by atoms with Crippen LogP contribution in [-0.2, 0) is 18.8 Å². The van der Waals surface area contributed by atoms with E-state index in [4.69, 9.17) is 16.6 Å². The SMILES string of the molecule is CCCCn1c(=O)[nH]c(=O)c2c1nc(CSc1nncn1-c1ccc(C)c(Cl)c1)n2CC. The zero-order valence-electron chi connectivity index (χ0n) is 18.1. The van der Waals surface area contributed by atoms with Crippen molar-refractivity contribution >= 4 is 34.5 Å². The second kappa shape index (κ2) is 9.33. The Bertz CT molecular complexity index is 1390. The zero-order valence-corrected chi connectivity index (χ0v) is 19.7. The average Bonchev–Trinajstić information content (AvgIpc) is 3.38. The molecule has 0 aliphatic carbocycles. The van der Waals surface area contributed by atoms with E-state index in [1.54, 1.807) is 10.9 Å². The summed E-state index contributed by atoms with van der Waals surface area (Å²) in [5.74, 6) is 1.16. The Labute approximate surface area is 193 Å². The van der Waals surface area contributed by atoms with Crippen LogP contribution in [0.4, 0.5) is 0 Å². The quantitative estimate of drug-likeness (QED) is 0.392. The van der Waals surface area contributed by atoms with Gasteiger partial charge in [-0.2, -0.15) is 0 Å². The van der Waals surface area contributed by atoms with E-state index < -0.39 is 11.2 Å². The Hall–Kier alpha value is -2.85. The third kappa shape index (κ3) is 4.12. The standard InChI is InChI=1S/C21H24ClN7O2S/c1-4-6-9-28-18-17(19(30)25-20(28)31)27(5-2)16(24-18)11-32-21-26-23-12-29(21)14-8-7-13(3)15(22)10-14/h7-8,10,12H,4-6,9,11H2,1-3H3,(H,25,30,31). The van der Waals surface area contributed by atoms with Gasteiger partial charge in [-0.15, -0.1) is 10.2 Å². The fourth-order valence-corrected chi connectivity index (χ4v) is 4.60. The van der Waals surface area contributed by atoms with Gasteiger partial charge in [0.05, 0.1) is 11.4 Å². The van der Waals surface area contributed by atoms with Crippen LogP contribution in [0.5, 0.6) is 0 Å². The molecule has 0 atom stereocenters. The number of nitrogens with one attached hydrogen (secondary N) is 1. The third-order valence-corrected chi connectivity index (χ3v) is 6.64. The van der Waals surface area contributed by atoms with Gasteiger partial charge in [-0.05, 0) is 38.0 Å². The molecule has 1 N–H and O–H groups in total. The summed E-state index contributed by atoms with van der Waals surface area (Å²) in [4.78, 5) is 32.1. The molecular formula is C21H24ClN7O2S. The van der Waals surface area contributed by atoms with Crippen molar-refractivity contribution in [2.45, 2.75) is 57.6 Å². The molecule has 0 saturated heterocycles. The lowest BCUT2D eigenvalue weighted by atomic mass is 10.2. The first-order valence-corrected chi connectivity index (χ1v) is 11.8. The van der Waals surface area contributed by atoms with Crippen molar-refractivity contribution in [2.75, 3.05) is 0 Å². The van der Waals surface area contributed by atoms with E-state index in [0.717, 1.165) is 24.1 Å². The number of H-pyrrole nitrogens is 1. The fraction of sp³-hybridized carbons (Fsp3) is 0.381. The highest BCUT2D eigenvalue weighted by molar-refractivity contribution is 7.98. The van der Waals surface area contributed by atoms with Gasteiger partial charge in [-0.25, -0.2) is 9.78 Å². The molecule has 0 radical (unpaired) electrons. The maximum absolute atomic E-state index is 12.6. The topological polar surface area (TPSA) is 103 Å². The van der Waals surface area contributed by atoms with Crippen molar-refractivity contribution in [1.82, 2.24) is 33.9 Å². The van der Waals surface area contributed by atoms with Gasteiger partial charge in [-0.1, -0.05) is 42.8 Å². The number of aromatic amines is 1. The molecular weight excluding hydrogens is 450 g/mol. The van der Waals surface area contributed by atoms with Gasteiger partial charge in [-0.3, -0.25) is 18.9 Å². The van der Waals surface area contributed by atoms with E-state index in [1.807, 2.05) is 41.2 Å². The summed E-state index contributed by atoms with van der Waals surface area (Å²) in [7, 11) is 0. The number of aryl methyl sites for hydroxylation is 3. The second-order valence-corrected chi connectivity index (χ2v) is 8.76. The Morgan fingerprint density at radius 1 is 1.19 bits per heavy atom. The van der Waals surface area contributed by atoms with Crippen LogP contribution in [0.2, 0.25) is 5.02 Å². The largest absolute Gasteiger partial charge is 0.330 e. The van der Waals surface area contributed by atoms with Crippen LogP contribution < -0.4 is 11.2 Å². The first-order chi connectivity index (χ1) is 15.4. The predicted octanol–water partition coefficient (Wildman–Crippen LogP) is 3.54. The summed E-state index contributed by atoms with van der Waals surface area (Å²) < 4.78 is 5.27. The molecule has 32 heavy (non-hydrogen) atoms. The highest BCUT2D eigenvalue weighted by Crippen LogP contribution is 2.26. The van der Waals surface area contributed by atoms with E-state index in [9.17, 15) is 9.59 Å². The molecule has 0 bridgehead atoms. The van der Waals surface area contributed by atoms with Gasteiger partial charge in [0.1, 0.15) is 12.2 Å². The number of unbranched alkanes of at least 4 members (excludes halogenated alkanes) is 1. The van der Waals surface area contributed by atoms with Crippen molar-refractivity contribution in [3.63, 3.8) is 0 Å². The smallest absolute Gasteiger partial charge is 0.322 e. The first-order valence-electron chi connectivity index (χ1n) is 10.5. The van der Waals surface area contributed by atoms with E-state index >= 15 is 0 Å². The molecule has 1 aromatic carbocycles. The Morgan fingerprint density at radius 3 is 2.72 bits per heavy atom. The van der Waals surface area contributed by atoms with Gasteiger partial charge in [0.2, 0.25) is 0 Å². The highest BCUT2D eigenvalue weighted by Gasteiger charge is 2.19. The predicted molar refractivity (Wildman–Crippen MR) is 126 cm³/mol. The summed E-state index contributed by atoms with van der Waals surface area (Å²) in [5, 5.41) is 9.62. The molecule has 0 spiro atoms. The summed E-state index contributed by atoms with van der Waals surface area (Å²) in [6.07, 6.45) is 3.40. The van der Waals surface area contributed by atoms with Crippen LogP contribution in [0.15, 0.2) is 39.3 Å². The minimum Gasteiger partial charge on any atom is -0.322 e. The first kappa shape index (κ1) is 22.3. The Balaban J connectivity index is 1.70. The van der Waals surface area contributed by atoms with Crippen molar-refractivity contribution in [2.24, 2.45) is 0 Å². The van der Waals surface area contributed by atoms with Gasteiger partial charge in [0.25, 0.3) is 5.56 Å².